The molecule has 13 heavy (non-hydrogen) atoms. The lowest BCUT2D eigenvalue weighted by molar-refractivity contribution is 0.0699. The fraction of sp³-hybridized carbons (Fsp3) is 0.429. The van der Waals surface area contributed by atoms with E-state index in [1.54, 1.807) is 18.0 Å². The van der Waals surface area contributed by atoms with E-state index in [0.29, 0.717) is 13.2 Å². The SMILES string of the molecule is COCCn1ccc(C(=O)NO)n1. The van der Waals surface area contributed by atoms with E-state index in [1.165, 1.54) is 11.5 Å². The molecular formula is C7H11N3O3. The molecule has 0 saturated carbocycles. The van der Waals surface area contributed by atoms with Crippen molar-refractivity contribution in [2.75, 3.05) is 13.7 Å². The number of hydrogen-bond donors (Lipinski definition) is 2. The summed E-state index contributed by atoms with van der Waals surface area (Å²) in [5.41, 5.74) is 1.68. The van der Waals surface area contributed by atoms with Crippen LogP contribution in [0.2, 0.25) is 0 Å². The summed E-state index contributed by atoms with van der Waals surface area (Å²) < 4.78 is 6.39. The normalized spacial score (nSPS) is 10.0. The number of carbonyl (C=O) groups is 1. The Labute approximate surface area is 75.1 Å². The highest BCUT2D eigenvalue weighted by Crippen LogP contribution is 1.94. The number of hydrogen-bond acceptors (Lipinski definition) is 4. The van der Waals surface area contributed by atoms with E-state index < -0.39 is 5.91 Å². The second kappa shape index (κ2) is 4.58. The fourth-order valence-corrected chi connectivity index (χ4v) is 0.849. The highest BCUT2D eigenvalue weighted by atomic mass is 16.5. The lowest BCUT2D eigenvalue weighted by Crippen LogP contribution is -2.19. The molecule has 0 aliphatic rings. The topological polar surface area (TPSA) is 76.4 Å². The van der Waals surface area contributed by atoms with Gasteiger partial charge in [-0.3, -0.25) is 14.7 Å². The van der Waals surface area contributed by atoms with Crippen molar-refractivity contribution < 1.29 is 14.7 Å². The predicted molar refractivity (Wildman–Crippen MR) is 43.4 cm³/mol. The highest BCUT2D eigenvalue weighted by molar-refractivity contribution is 5.91. The van der Waals surface area contributed by atoms with Gasteiger partial charge in [0.05, 0.1) is 13.2 Å². The van der Waals surface area contributed by atoms with Crippen LogP contribution in [0.25, 0.3) is 0 Å². The zero-order chi connectivity index (χ0) is 9.68. The van der Waals surface area contributed by atoms with Crippen LogP contribution in [0, 0.1) is 0 Å². The standard InChI is InChI=1S/C7H11N3O3/c1-13-5-4-10-3-2-6(8-10)7(11)9-12/h2-3,12H,4-5H2,1H3,(H,9,11). The van der Waals surface area contributed by atoms with Gasteiger partial charge in [0.15, 0.2) is 5.69 Å². The van der Waals surface area contributed by atoms with Crippen LogP contribution in [-0.2, 0) is 11.3 Å². The molecule has 1 heterocycles. The lowest BCUT2D eigenvalue weighted by atomic mass is 10.4. The molecule has 0 radical (unpaired) electrons. The summed E-state index contributed by atoms with van der Waals surface area (Å²) in [7, 11) is 1.59. The van der Waals surface area contributed by atoms with Gasteiger partial charge in [-0.15, -0.1) is 0 Å². The average molecular weight is 185 g/mol. The molecule has 0 unspecified atom stereocenters. The van der Waals surface area contributed by atoms with E-state index in [4.69, 9.17) is 9.94 Å². The maximum atomic E-state index is 10.8. The summed E-state index contributed by atoms with van der Waals surface area (Å²) >= 11 is 0. The molecule has 2 N–H and O–H groups in total. The third kappa shape index (κ3) is 2.53. The van der Waals surface area contributed by atoms with Crippen LogP contribution in [0.3, 0.4) is 0 Å². The van der Waals surface area contributed by atoms with Crippen LogP contribution >= 0.6 is 0 Å². The summed E-state index contributed by atoms with van der Waals surface area (Å²) in [6.07, 6.45) is 1.64. The third-order valence-electron chi connectivity index (χ3n) is 1.50. The Hall–Kier alpha value is -1.40. The van der Waals surface area contributed by atoms with Gasteiger partial charge in [0, 0.05) is 13.3 Å². The number of methoxy groups -OCH3 is 1. The molecule has 0 aromatic carbocycles. The number of nitrogens with zero attached hydrogens (tertiary/aromatic N) is 2. The number of rotatable bonds is 4. The van der Waals surface area contributed by atoms with Crippen molar-refractivity contribution in [3.8, 4) is 0 Å². The Morgan fingerprint density at radius 2 is 2.62 bits per heavy atom. The summed E-state index contributed by atoms with van der Waals surface area (Å²) in [6, 6.07) is 1.52. The van der Waals surface area contributed by atoms with Gasteiger partial charge in [-0.05, 0) is 6.07 Å². The summed E-state index contributed by atoms with van der Waals surface area (Å²) in [6.45, 7) is 1.11. The number of nitrogens with one attached hydrogen (secondary N) is 1. The molecule has 0 spiro atoms. The quantitative estimate of drug-likeness (QED) is 0.496. The van der Waals surface area contributed by atoms with Crippen LogP contribution in [0.5, 0.6) is 0 Å². The third-order valence-corrected chi connectivity index (χ3v) is 1.50. The monoisotopic (exact) mass is 185 g/mol. The van der Waals surface area contributed by atoms with E-state index in [9.17, 15) is 4.79 Å². The Kier molecular flexibility index (Phi) is 3.41. The van der Waals surface area contributed by atoms with Gasteiger partial charge >= 0.3 is 0 Å². The number of hydroxylamine groups is 1. The average Bonchev–Trinajstić information content (AvgIpc) is 2.62. The minimum Gasteiger partial charge on any atom is -0.383 e. The molecule has 0 aliphatic heterocycles. The van der Waals surface area contributed by atoms with Gasteiger partial charge in [-0.25, -0.2) is 5.48 Å². The van der Waals surface area contributed by atoms with Crippen LogP contribution in [0.1, 0.15) is 10.5 Å². The summed E-state index contributed by atoms with van der Waals surface area (Å²) in [4.78, 5) is 10.8. The second-order valence-electron chi connectivity index (χ2n) is 2.40. The minimum atomic E-state index is -0.615. The van der Waals surface area contributed by atoms with Crippen molar-refractivity contribution in [3.63, 3.8) is 0 Å². The largest absolute Gasteiger partial charge is 0.383 e. The molecule has 72 valence electrons. The Balaban J connectivity index is 2.58. The van der Waals surface area contributed by atoms with Crippen LogP contribution < -0.4 is 5.48 Å². The smallest absolute Gasteiger partial charge is 0.295 e. The number of carbonyl (C=O) groups excluding carboxylic acids is 1. The van der Waals surface area contributed by atoms with Crippen LogP contribution in [-0.4, -0.2) is 34.6 Å². The minimum absolute atomic E-state index is 0.179. The van der Waals surface area contributed by atoms with E-state index in [1.807, 2.05) is 0 Å². The molecule has 0 bridgehead atoms. The van der Waals surface area contributed by atoms with Gasteiger partial charge in [-0.2, -0.15) is 5.10 Å². The zero-order valence-corrected chi connectivity index (χ0v) is 7.23. The van der Waals surface area contributed by atoms with Crippen molar-refractivity contribution in [2.45, 2.75) is 6.54 Å². The predicted octanol–water partition coefficient (Wildman–Crippen LogP) is -0.351. The number of aromatic nitrogens is 2. The van der Waals surface area contributed by atoms with Crippen LogP contribution in [0.15, 0.2) is 12.3 Å². The molecular weight excluding hydrogens is 174 g/mol. The van der Waals surface area contributed by atoms with E-state index in [-0.39, 0.29) is 5.69 Å². The Morgan fingerprint density at radius 3 is 3.23 bits per heavy atom. The van der Waals surface area contributed by atoms with Gasteiger partial charge in [0.1, 0.15) is 0 Å². The van der Waals surface area contributed by atoms with Crippen LogP contribution in [0.4, 0.5) is 0 Å². The lowest BCUT2D eigenvalue weighted by Gasteiger charge is -1.98. The van der Waals surface area contributed by atoms with E-state index in [2.05, 4.69) is 5.10 Å². The molecule has 6 nitrogen and oxygen atoms in total. The first-order valence-corrected chi connectivity index (χ1v) is 3.74. The fourth-order valence-electron chi connectivity index (χ4n) is 0.849. The number of ether oxygens (including phenoxy) is 1. The molecule has 1 aromatic heterocycles. The molecule has 1 amide bonds. The van der Waals surface area contributed by atoms with Gasteiger partial charge in [0.2, 0.25) is 0 Å². The number of amides is 1. The van der Waals surface area contributed by atoms with E-state index in [0.717, 1.165) is 0 Å². The van der Waals surface area contributed by atoms with Crippen molar-refractivity contribution in [3.05, 3.63) is 18.0 Å². The molecule has 0 fully saturated rings. The summed E-state index contributed by atoms with van der Waals surface area (Å²) in [5, 5.41) is 12.2. The first-order valence-electron chi connectivity index (χ1n) is 3.74. The maximum absolute atomic E-state index is 10.8. The molecule has 1 aromatic rings. The first-order chi connectivity index (χ1) is 6.27. The molecule has 0 aliphatic carbocycles. The van der Waals surface area contributed by atoms with Crippen molar-refractivity contribution in [2.24, 2.45) is 0 Å². The Morgan fingerprint density at radius 1 is 1.85 bits per heavy atom. The van der Waals surface area contributed by atoms with Gasteiger partial charge in [-0.1, -0.05) is 0 Å². The maximum Gasteiger partial charge on any atom is 0.295 e. The first kappa shape index (κ1) is 9.69. The molecule has 6 heteroatoms. The molecule has 1 rings (SSSR count). The molecule has 0 atom stereocenters. The highest BCUT2D eigenvalue weighted by Gasteiger charge is 2.06. The Bertz CT molecular complexity index is 284. The molecule has 0 saturated heterocycles. The van der Waals surface area contributed by atoms with Crippen molar-refractivity contribution >= 4 is 5.91 Å². The zero-order valence-electron chi connectivity index (χ0n) is 7.23. The second-order valence-corrected chi connectivity index (χ2v) is 2.40. The van der Waals surface area contributed by atoms with Gasteiger partial charge in [0.25, 0.3) is 5.91 Å². The summed E-state index contributed by atoms with van der Waals surface area (Å²) in [5.74, 6) is -0.615. The van der Waals surface area contributed by atoms with Crippen molar-refractivity contribution in [1.29, 1.82) is 0 Å². The van der Waals surface area contributed by atoms with E-state index >= 15 is 0 Å². The van der Waals surface area contributed by atoms with Gasteiger partial charge < -0.3 is 4.74 Å². The van der Waals surface area contributed by atoms with Crippen molar-refractivity contribution in [1.82, 2.24) is 15.3 Å².